The minimum Gasteiger partial charge on any atom is -0.356 e. The highest BCUT2D eigenvalue weighted by atomic mass is 35.5. The summed E-state index contributed by atoms with van der Waals surface area (Å²) in [6.45, 7) is 3.29. The zero-order chi connectivity index (χ0) is 16.3. The number of nitrogens with zero attached hydrogens (tertiary/aromatic N) is 2. The van der Waals surface area contributed by atoms with E-state index >= 15 is 0 Å². The fraction of sp³-hybridized carbons (Fsp3) is 0.692. The molecule has 22 heavy (non-hydrogen) atoms. The van der Waals surface area contributed by atoms with Crippen molar-refractivity contribution in [1.82, 2.24) is 14.8 Å². The van der Waals surface area contributed by atoms with Gasteiger partial charge in [-0.1, -0.05) is 5.16 Å². The lowest BCUT2D eigenvalue weighted by atomic mass is 9.98. The van der Waals surface area contributed by atoms with E-state index in [-0.39, 0.29) is 17.5 Å². The molecule has 0 bridgehead atoms. The first kappa shape index (κ1) is 17.2. The Hall–Kier alpha value is -1.12. The molecular weight excluding hydrogens is 330 g/mol. The molecule has 2 heterocycles. The van der Waals surface area contributed by atoms with Gasteiger partial charge in [-0.15, -0.1) is 0 Å². The standard InChI is InChI=1S/C13H20ClN3O4S/c1-9-11(13(14)21-16-9)7-12(18)15-8-10-3-5-17(6-4-10)22(2,19)20/h10H,3-8H2,1-2H3,(H,15,18). The predicted molar refractivity (Wildman–Crippen MR) is 82.1 cm³/mol. The predicted octanol–water partition coefficient (Wildman–Crippen LogP) is 0.967. The molecular formula is C13H20ClN3O4S. The van der Waals surface area contributed by atoms with Crippen molar-refractivity contribution in [1.29, 1.82) is 0 Å². The van der Waals surface area contributed by atoms with Crippen LogP contribution in [0, 0.1) is 12.8 Å². The molecule has 7 nitrogen and oxygen atoms in total. The summed E-state index contributed by atoms with van der Waals surface area (Å²) in [5.41, 5.74) is 1.22. The minimum atomic E-state index is -3.11. The SMILES string of the molecule is Cc1noc(Cl)c1CC(=O)NCC1CCN(S(C)(=O)=O)CC1. The van der Waals surface area contributed by atoms with Gasteiger partial charge in [0.25, 0.3) is 0 Å². The van der Waals surface area contributed by atoms with Crippen molar-refractivity contribution in [2.45, 2.75) is 26.2 Å². The molecule has 1 N–H and O–H groups in total. The van der Waals surface area contributed by atoms with Crippen molar-refractivity contribution >= 4 is 27.5 Å². The maximum atomic E-state index is 11.9. The molecule has 124 valence electrons. The molecule has 1 amide bonds. The van der Waals surface area contributed by atoms with Gasteiger partial charge >= 0.3 is 0 Å². The largest absolute Gasteiger partial charge is 0.356 e. The van der Waals surface area contributed by atoms with E-state index in [9.17, 15) is 13.2 Å². The maximum Gasteiger partial charge on any atom is 0.229 e. The number of halogens is 1. The topological polar surface area (TPSA) is 92.5 Å². The number of sulfonamides is 1. The highest BCUT2D eigenvalue weighted by Gasteiger charge is 2.25. The van der Waals surface area contributed by atoms with Crippen LogP contribution in [0.3, 0.4) is 0 Å². The third kappa shape index (κ3) is 4.44. The smallest absolute Gasteiger partial charge is 0.229 e. The van der Waals surface area contributed by atoms with Crippen molar-refractivity contribution in [3.63, 3.8) is 0 Å². The molecule has 1 aromatic heterocycles. The minimum absolute atomic E-state index is 0.135. The summed E-state index contributed by atoms with van der Waals surface area (Å²) in [4.78, 5) is 11.9. The summed E-state index contributed by atoms with van der Waals surface area (Å²) in [7, 11) is -3.11. The van der Waals surface area contributed by atoms with Crippen molar-refractivity contribution < 1.29 is 17.7 Å². The maximum absolute atomic E-state index is 11.9. The lowest BCUT2D eigenvalue weighted by Gasteiger charge is -2.30. The number of piperidine rings is 1. The summed E-state index contributed by atoms with van der Waals surface area (Å²) in [5.74, 6) is 0.153. The fourth-order valence-electron chi connectivity index (χ4n) is 2.48. The van der Waals surface area contributed by atoms with Gasteiger partial charge in [0.05, 0.1) is 18.4 Å². The van der Waals surface area contributed by atoms with Gasteiger partial charge in [0, 0.05) is 25.2 Å². The van der Waals surface area contributed by atoms with Gasteiger partial charge < -0.3 is 9.84 Å². The number of rotatable bonds is 5. The summed E-state index contributed by atoms with van der Waals surface area (Å²) in [5, 5.41) is 6.71. The fourth-order valence-corrected chi connectivity index (χ4v) is 3.60. The number of nitrogens with one attached hydrogen (secondary N) is 1. The average Bonchev–Trinajstić information content (AvgIpc) is 2.76. The number of amides is 1. The highest BCUT2D eigenvalue weighted by molar-refractivity contribution is 7.88. The third-order valence-electron chi connectivity index (χ3n) is 3.90. The average molecular weight is 350 g/mol. The zero-order valence-corrected chi connectivity index (χ0v) is 14.2. The van der Waals surface area contributed by atoms with Gasteiger partial charge in [-0.25, -0.2) is 12.7 Å². The molecule has 9 heteroatoms. The zero-order valence-electron chi connectivity index (χ0n) is 12.6. The molecule has 2 rings (SSSR count). The molecule has 1 saturated heterocycles. The van der Waals surface area contributed by atoms with Crippen LogP contribution in [0.2, 0.25) is 5.22 Å². The Morgan fingerprint density at radius 1 is 1.45 bits per heavy atom. The Labute approximate surface area is 135 Å². The normalized spacial score (nSPS) is 17.6. The van der Waals surface area contributed by atoms with Crippen LogP contribution in [0.15, 0.2) is 4.52 Å². The number of carbonyl (C=O) groups is 1. The molecule has 1 aliphatic heterocycles. The van der Waals surface area contributed by atoms with E-state index in [4.69, 9.17) is 16.1 Å². The first-order chi connectivity index (χ1) is 10.3. The van der Waals surface area contributed by atoms with E-state index in [0.29, 0.717) is 36.8 Å². The molecule has 1 aliphatic rings. The second-order valence-corrected chi connectivity index (χ2v) is 7.93. The number of aryl methyl sites for hydroxylation is 1. The Kier molecular flexibility index (Phi) is 5.46. The van der Waals surface area contributed by atoms with E-state index in [1.165, 1.54) is 10.6 Å². The molecule has 0 aliphatic carbocycles. The van der Waals surface area contributed by atoms with Gasteiger partial charge in [-0.2, -0.15) is 0 Å². The molecule has 1 aromatic rings. The van der Waals surface area contributed by atoms with Crippen LogP contribution in [-0.2, 0) is 21.2 Å². The second-order valence-electron chi connectivity index (χ2n) is 5.61. The lowest BCUT2D eigenvalue weighted by molar-refractivity contribution is -0.120. The number of carbonyl (C=O) groups excluding carboxylic acids is 1. The number of aromatic nitrogens is 1. The second kappa shape index (κ2) is 6.97. The monoisotopic (exact) mass is 349 g/mol. The van der Waals surface area contributed by atoms with Gasteiger partial charge in [0.15, 0.2) is 0 Å². The van der Waals surface area contributed by atoms with Crippen molar-refractivity contribution in [3.05, 3.63) is 16.5 Å². The third-order valence-corrected chi connectivity index (χ3v) is 5.50. The van der Waals surface area contributed by atoms with Crippen LogP contribution in [0.4, 0.5) is 0 Å². The Bertz CT molecular complexity index is 616. The van der Waals surface area contributed by atoms with Crippen molar-refractivity contribution in [2.24, 2.45) is 5.92 Å². The number of hydrogen-bond acceptors (Lipinski definition) is 5. The molecule has 0 aromatic carbocycles. The van der Waals surface area contributed by atoms with Crippen LogP contribution >= 0.6 is 11.6 Å². The van der Waals surface area contributed by atoms with Crippen molar-refractivity contribution in [2.75, 3.05) is 25.9 Å². The first-order valence-corrected chi connectivity index (χ1v) is 9.32. The molecule has 0 atom stereocenters. The van der Waals surface area contributed by atoms with E-state index in [1.807, 2.05) is 0 Å². The van der Waals surface area contributed by atoms with Gasteiger partial charge in [-0.3, -0.25) is 4.79 Å². The van der Waals surface area contributed by atoms with Gasteiger partial charge in [-0.05, 0) is 37.3 Å². The van der Waals surface area contributed by atoms with Crippen LogP contribution in [-0.4, -0.2) is 49.7 Å². The van der Waals surface area contributed by atoms with Gasteiger partial charge in [0.2, 0.25) is 21.1 Å². The first-order valence-electron chi connectivity index (χ1n) is 7.10. The lowest BCUT2D eigenvalue weighted by Crippen LogP contribution is -2.41. The van der Waals surface area contributed by atoms with Crippen LogP contribution < -0.4 is 5.32 Å². The molecule has 0 saturated carbocycles. The van der Waals surface area contributed by atoms with Crippen molar-refractivity contribution in [3.8, 4) is 0 Å². The van der Waals surface area contributed by atoms with Gasteiger partial charge in [0.1, 0.15) is 0 Å². The molecule has 0 radical (unpaired) electrons. The Balaban J connectivity index is 1.76. The van der Waals surface area contributed by atoms with E-state index in [0.717, 1.165) is 12.8 Å². The summed E-state index contributed by atoms with van der Waals surface area (Å²) >= 11 is 5.83. The number of hydrogen-bond donors (Lipinski definition) is 1. The summed E-state index contributed by atoms with van der Waals surface area (Å²) in [6, 6.07) is 0. The van der Waals surface area contributed by atoms with E-state index in [1.54, 1.807) is 6.92 Å². The molecule has 0 spiro atoms. The Morgan fingerprint density at radius 3 is 2.59 bits per heavy atom. The van der Waals surface area contributed by atoms with Crippen LogP contribution in [0.1, 0.15) is 24.1 Å². The van der Waals surface area contributed by atoms with Crippen LogP contribution in [0.5, 0.6) is 0 Å². The summed E-state index contributed by atoms with van der Waals surface area (Å²) < 4.78 is 29.1. The Morgan fingerprint density at radius 2 is 2.09 bits per heavy atom. The van der Waals surface area contributed by atoms with E-state index < -0.39 is 10.0 Å². The quantitative estimate of drug-likeness (QED) is 0.855. The summed E-state index contributed by atoms with van der Waals surface area (Å²) in [6.07, 6.45) is 2.86. The van der Waals surface area contributed by atoms with Crippen LogP contribution in [0.25, 0.3) is 0 Å². The molecule has 1 fully saturated rings. The highest BCUT2D eigenvalue weighted by Crippen LogP contribution is 2.20. The van der Waals surface area contributed by atoms with E-state index in [2.05, 4.69) is 10.5 Å². The molecule has 0 unspecified atom stereocenters.